The second kappa shape index (κ2) is 6.18. The molecule has 0 radical (unpaired) electrons. The zero-order valence-electron chi connectivity index (χ0n) is 14.4. The molecule has 5 rings (SSSR count). The molecule has 2 unspecified atom stereocenters. The highest BCUT2D eigenvalue weighted by atomic mass is 35.5. The van der Waals surface area contributed by atoms with Crippen LogP contribution in [-0.4, -0.2) is 54.5 Å². The van der Waals surface area contributed by atoms with Gasteiger partial charge < -0.3 is 15.1 Å². The van der Waals surface area contributed by atoms with Crippen LogP contribution < -0.4 is 10.2 Å². The van der Waals surface area contributed by atoms with E-state index in [1.807, 2.05) is 0 Å². The van der Waals surface area contributed by atoms with Crippen LogP contribution in [0.2, 0.25) is 5.02 Å². The molecule has 1 aromatic rings. The van der Waals surface area contributed by atoms with Gasteiger partial charge in [0.2, 0.25) is 0 Å². The summed E-state index contributed by atoms with van der Waals surface area (Å²) < 4.78 is 0. The molecule has 4 aliphatic heterocycles. The molecule has 0 aliphatic carbocycles. The average Bonchev–Trinajstić information content (AvgIpc) is 2.61. The molecule has 4 aliphatic rings. The van der Waals surface area contributed by atoms with Crippen molar-refractivity contribution in [3.05, 3.63) is 28.3 Å². The van der Waals surface area contributed by atoms with Crippen LogP contribution in [0.4, 0.5) is 0 Å². The van der Waals surface area contributed by atoms with E-state index in [0.29, 0.717) is 27.8 Å². The second-order valence-corrected chi connectivity index (χ2v) is 7.67. The normalized spacial score (nSPS) is 30.7. The topological polar surface area (TPSA) is 61.9 Å². The number of nitrogens with one attached hydrogen (secondary N) is 1. The van der Waals surface area contributed by atoms with Crippen molar-refractivity contribution >= 4 is 23.4 Å². The molecule has 0 aromatic heterocycles. The van der Waals surface area contributed by atoms with Crippen molar-refractivity contribution < 1.29 is 14.4 Å². The van der Waals surface area contributed by atoms with Crippen LogP contribution in [0.25, 0.3) is 0 Å². The summed E-state index contributed by atoms with van der Waals surface area (Å²) in [5.41, 5.74) is 1.06. The van der Waals surface area contributed by atoms with E-state index in [2.05, 4.69) is 10.2 Å². The van der Waals surface area contributed by atoms with E-state index >= 15 is 0 Å². The first-order chi connectivity index (χ1) is 11.9. The lowest BCUT2D eigenvalue weighted by molar-refractivity contribution is -0.157. The summed E-state index contributed by atoms with van der Waals surface area (Å²) in [6.45, 7) is 4.94. The highest BCUT2D eigenvalue weighted by Crippen LogP contribution is 2.38. The van der Waals surface area contributed by atoms with Crippen LogP contribution in [-0.2, 0) is 4.79 Å². The summed E-state index contributed by atoms with van der Waals surface area (Å²) in [6.07, 6.45) is 2.26. The smallest absolute Gasteiger partial charge is 0.262 e. The maximum absolute atomic E-state index is 12.9. The first-order valence-corrected chi connectivity index (χ1v) is 9.14. The van der Waals surface area contributed by atoms with E-state index in [4.69, 9.17) is 16.4 Å². The number of carbonyl (C=O) groups is 2. The molecule has 0 spiro atoms. The van der Waals surface area contributed by atoms with E-state index in [1.54, 1.807) is 26.1 Å². The van der Waals surface area contributed by atoms with Crippen LogP contribution in [0.5, 0.6) is 5.75 Å². The highest BCUT2D eigenvalue weighted by Gasteiger charge is 2.37. The molecule has 3 saturated heterocycles. The molecule has 4 heterocycles. The summed E-state index contributed by atoms with van der Waals surface area (Å²) >= 11 is 6.21. The number of benzene rings is 1. The molecule has 2 amide bonds. The van der Waals surface area contributed by atoms with Gasteiger partial charge in [-0.15, -0.1) is 0 Å². The van der Waals surface area contributed by atoms with Gasteiger partial charge in [-0.05, 0) is 50.9 Å². The van der Waals surface area contributed by atoms with Gasteiger partial charge in [0.25, 0.3) is 11.8 Å². The Kier molecular flexibility index (Phi) is 4.12. The highest BCUT2D eigenvalue weighted by molar-refractivity contribution is 6.31. The number of hydrogen-bond acceptors (Lipinski definition) is 4. The van der Waals surface area contributed by atoms with E-state index < -0.39 is 5.92 Å². The van der Waals surface area contributed by atoms with Gasteiger partial charge in [-0.3, -0.25) is 9.59 Å². The quantitative estimate of drug-likeness (QED) is 0.873. The molecular weight excluding hydrogens is 342 g/mol. The summed E-state index contributed by atoms with van der Waals surface area (Å²) in [6, 6.07) is 3.48. The summed E-state index contributed by atoms with van der Waals surface area (Å²) in [5.74, 6) is 0.229. The van der Waals surface area contributed by atoms with Crippen LogP contribution >= 0.6 is 11.6 Å². The lowest BCUT2D eigenvalue weighted by atomic mass is 9.84. The first-order valence-electron chi connectivity index (χ1n) is 8.76. The number of halogens is 1. The number of carbonyl (C=O) groups excluding carboxylic acids is 2. The van der Waals surface area contributed by atoms with Crippen molar-refractivity contribution in [3.8, 4) is 5.75 Å². The van der Waals surface area contributed by atoms with Crippen molar-refractivity contribution in [3.63, 3.8) is 0 Å². The lowest BCUT2D eigenvalue weighted by Crippen LogP contribution is -2.57. The predicted molar refractivity (Wildman–Crippen MR) is 93.7 cm³/mol. The minimum Gasteiger partial charge on any atom is -0.376 e. The number of hydroxylamine groups is 2. The number of nitrogens with zero attached hydrogens (tertiary/aromatic N) is 2. The third-order valence-electron chi connectivity index (χ3n) is 5.68. The molecule has 25 heavy (non-hydrogen) atoms. The molecule has 6 nitrogen and oxygen atoms in total. The fourth-order valence-corrected chi connectivity index (χ4v) is 4.40. The number of likely N-dealkylation sites (N-methyl/N-ethyl adjacent to an activating group) is 1. The van der Waals surface area contributed by atoms with Gasteiger partial charge in [-0.25, -0.2) is 0 Å². The minimum absolute atomic E-state index is 0.154. The van der Waals surface area contributed by atoms with Gasteiger partial charge in [0.05, 0.1) is 11.5 Å². The van der Waals surface area contributed by atoms with E-state index in [9.17, 15) is 9.59 Å². The van der Waals surface area contributed by atoms with Gasteiger partial charge in [0.1, 0.15) is 0 Å². The van der Waals surface area contributed by atoms with Crippen molar-refractivity contribution in [2.45, 2.75) is 31.7 Å². The van der Waals surface area contributed by atoms with E-state index in [-0.39, 0.29) is 17.9 Å². The Morgan fingerprint density at radius 1 is 1.32 bits per heavy atom. The monoisotopic (exact) mass is 363 g/mol. The number of amides is 2. The number of fused-ring (bicyclic) bond motifs is 4. The third-order valence-corrected chi connectivity index (χ3v) is 5.89. The van der Waals surface area contributed by atoms with E-state index in [0.717, 1.165) is 32.5 Å². The van der Waals surface area contributed by atoms with Crippen molar-refractivity contribution in [1.82, 2.24) is 15.3 Å². The Morgan fingerprint density at radius 3 is 2.68 bits per heavy atom. The Morgan fingerprint density at radius 2 is 2.04 bits per heavy atom. The Hall–Kier alpha value is -1.79. The number of hydrogen-bond donors (Lipinski definition) is 1. The molecule has 2 atom stereocenters. The van der Waals surface area contributed by atoms with Crippen molar-refractivity contribution in [2.24, 2.45) is 5.92 Å². The molecule has 0 saturated carbocycles. The molecule has 1 N–H and O–H groups in total. The van der Waals surface area contributed by atoms with Gasteiger partial charge in [0, 0.05) is 30.2 Å². The average molecular weight is 364 g/mol. The molecule has 2 bridgehead atoms. The van der Waals surface area contributed by atoms with E-state index in [1.165, 1.54) is 5.06 Å². The van der Waals surface area contributed by atoms with Crippen LogP contribution in [0.3, 0.4) is 0 Å². The van der Waals surface area contributed by atoms with Gasteiger partial charge in [0.15, 0.2) is 5.75 Å². The SMILES string of the molecule is CC1C(=O)N(C)Oc2c(C(=O)NC3CN4CCC3CC4)cc(Cl)cc21. The fourth-order valence-electron chi connectivity index (χ4n) is 4.17. The third kappa shape index (κ3) is 2.87. The fraction of sp³-hybridized carbons (Fsp3) is 0.556. The van der Waals surface area contributed by atoms with Gasteiger partial charge in [-0.2, -0.15) is 5.06 Å². The summed E-state index contributed by atoms with van der Waals surface area (Å²) in [7, 11) is 1.56. The maximum Gasteiger partial charge on any atom is 0.262 e. The summed E-state index contributed by atoms with van der Waals surface area (Å²) in [4.78, 5) is 33.1. The molecule has 134 valence electrons. The molecule has 7 heteroatoms. The minimum atomic E-state index is -0.393. The van der Waals surface area contributed by atoms with Crippen LogP contribution in [0.15, 0.2) is 12.1 Å². The zero-order valence-corrected chi connectivity index (χ0v) is 15.2. The molecule has 3 fully saturated rings. The zero-order chi connectivity index (χ0) is 17.7. The van der Waals surface area contributed by atoms with Gasteiger partial charge >= 0.3 is 0 Å². The van der Waals surface area contributed by atoms with Crippen molar-refractivity contribution in [1.29, 1.82) is 0 Å². The standard InChI is InChI=1S/C18H22ClN3O3/c1-10-13-7-12(19)8-14(16(13)25-21(2)18(10)24)17(23)20-15-9-22-5-3-11(15)4-6-22/h7-8,10-11,15H,3-6,9H2,1-2H3,(H,20,23). The largest absolute Gasteiger partial charge is 0.376 e. The molecule has 1 aromatic carbocycles. The lowest BCUT2D eigenvalue weighted by Gasteiger charge is -2.45. The van der Waals surface area contributed by atoms with Crippen molar-refractivity contribution in [2.75, 3.05) is 26.7 Å². The Bertz CT molecular complexity index is 731. The Labute approximate surface area is 152 Å². The Balaban J connectivity index is 1.63. The van der Waals surface area contributed by atoms with Gasteiger partial charge in [-0.1, -0.05) is 11.6 Å². The summed E-state index contributed by atoms with van der Waals surface area (Å²) in [5, 5.41) is 4.78. The second-order valence-electron chi connectivity index (χ2n) is 7.24. The number of piperidine rings is 3. The predicted octanol–water partition coefficient (Wildman–Crippen LogP) is 2.03. The maximum atomic E-state index is 12.9. The van der Waals surface area contributed by atoms with Crippen LogP contribution in [0, 0.1) is 5.92 Å². The number of rotatable bonds is 2. The van der Waals surface area contributed by atoms with Crippen LogP contribution in [0.1, 0.15) is 41.6 Å². The first kappa shape index (κ1) is 16.7. The molecular formula is C18H22ClN3O3.